The maximum absolute atomic E-state index is 12.3. The van der Waals surface area contributed by atoms with E-state index in [-0.39, 0.29) is 5.56 Å². The van der Waals surface area contributed by atoms with Gasteiger partial charge in [-0.15, -0.1) is 0 Å². The molecule has 0 radical (unpaired) electrons. The molecule has 1 heterocycles. The van der Waals surface area contributed by atoms with E-state index in [0.717, 1.165) is 6.20 Å². The number of alkyl halides is 2. The van der Waals surface area contributed by atoms with Gasteiger partial charge >= 0.3 is 0 Å². The lowest BCUT2D eigenvalue weighted by Gasteiger charge is -2.04. The van der Waals surface area contributed by atoms with Gasteiger partial charge in [-0.2, -0.15) is 0 Å². The van der Waals surface area contributed by atoms with Crippen molar-refractivity contribution in [3.05, 3.63) is 28.0 Å². The van der Waals surface area contributed by atoms with Crippen molar-refractivity contribution < 1.29 is 13.6 Å². The molecule has 1 amide bonds. The maximum atomic E-state index is 12.3. The largest absolute Gasteiger partial charge is 0.366 e. The first-order chi connectivity index (χ1) is 6.02. The number of carbonyl (C=O) groups is 1. The Hall–Kier alpha value is -1.04. The molecule has 13 heavy (non-hydrogen) atoms. The van der Waals surface area contributed by atoms with Crippen LogP contribution in [-0.4, -0.2) is 10.9 Å². The van der Waals surface area contributed by atoms with Gasteiger partial charge in [-0.3, -0.25) is 4.79 Å². The Kier molecular flexibility index (Phi) is 2.92. The van der Waals surface area contributed by atoms with Crippen LogP contribution in [0.3, 0.4) is 0 Å². The molecule has 1 aromatic heterocycles. The molecule has 0 saturated carbocycles. The lowest BCUT2D eigenvalue weighted by molar-refractivity contribution is 0.0985. The molecule has 2 N–H and O–H groups in total. The van der Waals surface area contributed by atoms with E-state index in [4.69, 9.17) is 5.73 Å². The quantitative estimate of drug-likeness (QED) is 0.816. The number of halogens is 3. The summed E-state index contributed by atoms with van der Waals surface area (Å²) in [6.07, 6.45) is -1.82. The predicted molar refractivity (Wildman–Crippen MR) is 45.4 cm³/mol. The van der Waals surface area contributed by atoms with Crippen LogP contribution < -0.4 is 5.73 Å². The molecule has 0 spiro atoms. The van der Waals surface area contributed by atoms with Crippen molar-refractivity contribution in [2.45, 2.75) is 6.43 Å². The second-order valence-electron chi connectivity index (χ2n) is 2.26. The molecule has 1 rings (SSSR count). The van der Waals surface area contributed by atoms with Crippen LogP contribution in [0.2, 0.25) is 0 Å². The highest BCUT2D eigenvalue weighted by Crippen LogP contribution is 2.23. The van der Waals surface area contributed by atoms with Crippen LogP contribution in [-0.2, 0) is 0 Å². The number of nitrogens with zero attached hydrogens (tertiary/aromatic N) is 1. The van der Waals surface area contributed by atoms with Gasteiger partial charge in [-0.05, 0) is 22.0 Å². The fourth-order valence-electron chi connectivity index (χ4n) is 0.828. The summed E-state index contributed by atoms with van der Waals surface area (Å²) in [5, 5.41) is 0. The first-order valence-corrected chi connectivity index (χ1v) is 4.05. The monoisotopic (exact) mass is 250 g/mol. The van der Waals surface area contributed by atoms with Crippen molar-refractivity contribution in [3.8, 4) is 0 Å². The SMILES string of the molecule is NC(=O)c1cc(Br)ncc1C(F)F. The standard InChI is InChI=1S/C7H5BrF2N2O/c8-5-1-3(7(11)13)4(2-12-5)6(9)10/h1-2,6H,(H2,11,13). The molecule has 0 aliphatic heterocycles. The number of nitrogens with two attached hydrogens (primary N) is 1. The van der Waals surface area contributed by atoms with E-state index in [0.29, 0.717) is 4.60 Å². The third-order valence-electron chi connectivity index (χ3n) is 1.40. The van der Waals surface area contributed by atoms with Crippen LogP contribution in [0.5, 0.6) is 0 Å². The number of hydrogen-bond donors (Lipinski definition) is 1. The maximum Gasteiger partial charge on any atom is 0.266 e. The van der Waals surface area contributed by atoms with Crippen molar-refractivity contribution in [1.82, 2.24) is 4.98 Å². The van der Waals surface area contributed by atoms with Crippen molar-refractivity contribution in [3.63, 3.8) is 0 Å². The van der Waals surface area contributed by atoms with Crippen LogP contribution in [0.15, 0.2) is 16.9 Å². The minimum atomic E-state index is -2.75. The normalized spacial score (nSPS) is 10.5. The zero-order valence-corrected chi connectivity index (χ0v) is 7.88. The van der Waals surface area contributed by atoms with Crippen molar-refractivity contribution in [2.24, 2.45) is 5.73 Å². The van der Waals surface area contributed by atoms with Gasteiger partial charge in [0.15, 0.2) is 0 Å². The summed E-state index contributed by atoms with van der Waals surface area (Å²) >= 11 is 2.95. The first kappa shape index (κ1) is 10.0. The Labute approximate surface area is 81.1 Å². The Morgan fingerprint density at radius 3 is 2.69 bits per heavy atom. The Balaban J connectivity index is 3.27. The van der Waals surface area contributed by atoms with Gasteiger partial charge in [-0.25, -0.2) is 13.8 Å². The number of hydrogen-bond acceptors (Lipinski definition) is 2. The summed E-state index contributed by atoms with van der Waals surface area (Å²) in [5.41, 5.74) is 4.24. The van der Waals surface area contributed by atoms with Gasteiger partial charge in [0, 0.05) is 11.8 Å². The van der Waals surface area contributed by atoms with Crippen LogP contribution in [0.25, 0.3) is 0 Å². The van der Waals surface area contributed by atoms with Gasteiger partial charge in [0.25, 0.3) is 6.43 Å². The number of aromatic nitrogens is 1. The van der Waals surface area contributed by atoms with E-state index in [2.05, 4.69) is 20.9 Å². The van der Waals surface area contributed by atoms with Crippen LogP contribution in [0, 0.1) is 0 Å². The summed E-state index contributed by atoms with van der Waals surface area (Å²) < 4.78 is 24.8. The van der Waals surface area contributed by atoms with Gasteiger partial charge in [0.05, 0.1) is 5.56 Å². The second kappa shape index (κ2) is 3.78. The molecule has 0 saturated heterocycles. The van der Waals surface area contributed by atoms with E-state index in [9.17, 15) is 13.6 Å². The van der Waals surface area contributed by atoms with Crippen LogP contribution >= 0.6 is 15.9 Å². The number of amides is 1. The highest BCUT2D eigenvalue weighted by molar-refractivity contribution is 9.10. The van der Waals surface area contributed by atoms with Crippen molar-refractivity contribution >= 4 is 21.8 Å². The van der Waals surface area contributed by atoms with Crippen LogP contribution in [0.1, 0.15) is 22.3 Å². The van der Waals surface area contributed by atoms with Gasteiger partial charge in [0.1, 0.15) is 4.60 Å². The molecule has 0 aromatic carbocycles. The summed E-state index contributed by atoms with van der Waals surface area (Å²) in [4.78, 5) is 14.3. The summed E-state index contributed by atoms with van der Waals surface area (Å²) in [7, 11) is 0. The van der Waals surface area contributed by atoms with E-state index < -0.39 is 17.9 Å². The van der Waals surface area contributed by atoms with E-state index in [1.165, 1.54) is 6.07 Å². The van der Waals surface area contributed by atoms with Crippen molar-refractivity contribution in [2.75, 3.05) is 0 Å². The van der Waals surface area contributed by atoms with E-state index in [1.54, 1.807) is 0 Å². The third kappa shape index (κ3) is 2.21. The molecule has 0 bridgehead atoms. The predicted octanol–water partition coefficient (Wildman–Crippen LogP) is 1.88. The summed E-state index contributed by atoms with van der Waals surface area (Å²) in [5.74, 6) is -0.890. The Morgan fingerprint density at radius 1 is 1.62 bits per heavy atom. The molecule has 6 heteroatoms. The molecule has 3 nitrogen and oxygen atoms in total. The van der Waals surface area contributed by atoms with E-state index in [1.807, 2.05) is 0 Å². The minimum absolute atomic E-state index is 0.211. The Bertz CT molecular complexity index is 343. The first-order valence-electron chi connectivity index (χ1n) is 3.25. The van der Waals surface area contributed by atoms with Gasteiger partial charge in [0.2, 0.25) is 5.91 Å². The van der Waals surface area contributed by atoms with Crippen LogP contribution in [0.4, 0.5) is 8.78 Å². The topological polar surface area (TPSA) is 56.0 Å². The van der Waals surface area contributed by atoms with Gasteiger partial charge < -0.3 is 5.73 Å². The minimum Gasteiger partial charge on any atom is -0.366 e. The number of carbonyl (C=O) groups excluding carboxylic acids is 1. The lowest BCUT2D eigenvalue weighted by atomic mass is 10.1. The molecule has 0 aliphatic carbocycles. The molecule has 70 valence electrons. The molecule has 0 aliphatic rings. The molecule has 0 unspecified atom stereocenters. The molecular formula is C7H5BrF2N2O. The summed E-state index contributed by atoms with van der Waals surface area (Å²) in [6, 6.07) is 1.17. The molecule has 0 atom stereocenters. The fraction of sp³-hybridized carbons (Fsp3) is 0.143. The Morgan fingerprint density at radius 2 is 2.23 bits per heavy atom. The average molecular weight is 251 g/mol. The fourth-order valence-corrected chi connectivity index (χ4v) is 1.16. The summed E-state index contributed by atoms with van der Waals surface area (Å²) in [6.45, 7) is 0. The molecule has 1 aromatic rings. The highest BCUT2D eigenvalue weighted by atomic mass is 79.9. The molecular weight excluding hydrogens is 246 g/mol. The van der Waals surface area contributed by atoms with Crippen molar-refractivity contribution in [1.29, 1.82) is 0 Å². The lowest BCUT2D eigenvalue weighted by Crippen LogP contribution is -2.14. The van der Waals surface area contributed by atoms with E-state index >= 15 is 0 Å². The average Bonchev–Trinajstić information content (AvgIpc) is 2.03. The number of pyridine rings is 1. The zero-order chi connectivity index (χ0) is 10.0. The number of primary amides is 1. The molecule has 0 fully saturated rings. The third-order valence-corrected chi connectivity index (χ3v) is 1.84. The highest BCUT2D eigenvalue weighted by Gasteiger charge is 2.17. The zero-order valence-electron chi connectivity index (χ0n) is 6.30. The van der Waals surface area contributed by atoms with Gasteiger partial charge in [-0.1, -0.05) is 0 Å². The smallest absolute Gasteiger partial charge is 0.266 e. The second-order valence-corrected chi connectivity index (χ2v) is 3.07. The number of rotatable bonds is 2.